The summed E-state index contributed by atoms with van der Waals surface area (Å²) < 4.78 is 4.88. The van der Waals surface area contributed by atoms with E-state index in [4.69, 9.17) is 4.74 Å². The van der Waals surface area contributed by atoms with Crippen LogP contribution < -0.4 is 29.4 Å². The van der Waals surface area contributed by atoms with Gasteiger partial charge in [0.2, 0.25) is 0 Å². The highest BCUT2D eigenvalue weighted by atomic mass is 16.5. The van der Waals surface area contributed by atoms with Gasteiger partial charge in [0.25, 0.3) is 0 Å². The number of benzene rings is 7. The van der Waals surface area contributed by atoms with Crippen LogP contribution in [-0.4, -0.2) is 165 Å². The van der Waals surface area contributed by atoms with Gasteiger partial charge in [-0.05, 0) is 222 Å². The minimum absolute atomic E-state index is 0.0561. The van der Waals surface area contributed by atoms with Crippen molar-refractivity contribution in [3.8, 4) is 0 Å². The zero-order valence-electron chi connectivity index (χ0n) is 53.4. The van der Waals surface area contributed by atoms with Crippen molar-refractivity contribution >= 4 is 57.4 Å². The first-order chi connectivity index (χ1) is 39.4. The van der Waals surface area contributed by atoms with Crippen LogP contribution in [0.2, 0.25) is 0 Å². The molecule has 0 radical (unpaired) electrons. The second-order valence-corrected chi connectivity index (χ2v) is 21.0. The second-order valence-electron chi connectivity index (χ2n) is 21.0. The lowest BCUT2D eigenvalue weighted by Crippen LogP contribution is -2.22. The summed E-state index contributed by atoms with van der Waals surface area (Å²) in [7, 11) is 27.8. The van der Waals surface area contributed by atoms with E-state index in [1.807, 2.05) is 292 Å². The van der Waals surface area contributed by atoms with Gasteiger partial charge in [-0.15, -0.1) is 0 Å². The summed E-state index contributed by atoms with van der Waals surface area (Å²) in [5.74, 6) is -0.0680. The molecule has 0 aromatic heterocycles. The van der Waals surface area contributed by atoms with E-state index in [2.05, 4.69) is 37.5 Å². The summed E-state index contributed by atoms with van der Waals surface area (Å²) >= 11 is 0. The largest absolute Gasteiger partial charge is 0.462 e. The Morgan fingerprint density at radius 2 is 0.470 bits per heavy atom. The molecule has 0 saturated carbocycles. The van der Waals surface area contributed by atoms with Gasteiger partial charge in [0, 0.05) is 150 Å². The van der Waals surface area contributed by atoms with Crippen LogP contribution in [-0.2, 0) is 4.74 Å². The molecule has 0 bridgehead atoms. The van der Waals surface area contributed by atoms with Crippen LogP contribution >= 0.6 is 0 Å². The standard InChI is InChI=1S/C21H28N2O.C17H20N2O.C15H15NO.C11H15NO2.2C3H9N/c1-5-22(6-2)19-13-9-17(10-14-19)21(24)18-11-15-20(16-12-18)23(7-3)8-4;1-18(2)15-9-5-13(6-10-15)17(20)14-7-11-16(12-8-14)19(3)4;1-16(2)14-10-8-13(9-11-14)15(17)12-6-4-3-5-7-12;1-4-14-11(13)9-5-7-10(8-6-9)12(2)3;2*1-4(2)3/h9-16H,5-8H2,1-4H3;5-12H,1-4H3;3-11H,1-2H3;5-8H,4H2,1-3H3;2*1-3H3. The normalized spacial score (nSPS) is 10.0. The molecule has 0 aliphatic rings. The van der Waals surface area contributed by atoms with Gasteiger partial charge in [-0.2, -0.15) is 0 Å². The highest BCUT2D eigenvalue weighted by Gasteiger charge is 2.13. The third-order valence-corrected chi connectivity index (χ3v) is 12.4. The molecule has 0 saturated heterocycles. The van der Waals surface area contributed by atoms with E-state index in [-0.39, 0.29) is 23.3 Å². The molecule has 13 heteroatoms. The lowest BCUT2D eigenvalue weighted by atomic mass is 10.0. The molecule has 7 aromatic carbocycles. The van der Waals surface area contributed by atoms with Gasteiger partial charge in [0.1, 0.15) is 0 Å². The maximum Gasteiger partial charge on any atom is 0.338 e. The summed E-state index contributed by atoms with van der Waals surface area (Å²) in [5.41, 5.74) is 11.6. The maximum absolute atomic E-state index is 12.7. The van der Waals surface area contributed by atoms with Crippen molar-refractivity contribution in [1.82, 2.24) is 9.80 Å². The zero-order chi connectivity index (χ0) is 62.2. The molecule has 0 fully saturated rings. The molecular weight excluding hydrogens is 1030 g/mol. The monoisotopic (exact) mass is 1130 g/mol. The first-order valence-electron chi connectivity index (χ1n) is 28.3. The van der Waals surface area contributed by atoms with Crippen molar-refractivity contribution in [1.29, 1.82) is 0 Å². The Morgan fingerprint density at radius 1 is 0.277 bits per heavy atom. The summed E-state index contributed by atoms with van der Waals surface area (Å²) in [6.45, 7) is 14.6. The number of carbonyl (C=O) groups is 4. The number of ketones is 3. The van der Waals surface area contributed by atoms with Crippen molar-refractivity contribution in [2.24, 2.45) is 0 Å². The van der Waals surface area contributed by atoms with Crippen molar-refractivity contribution in [3.63, 3.8) is 0 Å². The molecule has 13 nitrogen and oxygen atoms in total. The summed E-state index contributed by atoms with van der Waals surface area (Å²) in [6.07, 6.45) is 0. The SMILES string of the molecule is CCN(CC)c1ccc(C(=O)c2ccc(N(CC)CC)cc2)cc1.CCOC(=O)c1ccc(N(C)C)cc1.CN(C)C.CN(C)C.CN(C)c1ccc(C(=O)c2ccc(N(C)C)cc2)cc1.CN(C)c1ccc(C(=O)c2ccccc2)cc1. The quantitative estimate of drug-likeness (QED) is 0.0602. The van der Waals surface area contributed by atoms with E-state index in [1.54, 1.807) is 19.1 Å². The predicted octanol–water partition coefficient (Wildman–Crippen LogP) is 12.9. The van der Waals surface area contributed by atoms with E-state index < -0.39 is 0 Å². The molecule has 0 atom stereocenters. The van der Waals surface area contributed by atoms with E-state index in [0.717, 1.165) is 82.6 Å². The van der Waals surface area contributed by atoms with E-state index in [0.29, 0.717) is 23.3 Å². The molecule has 0 aliphatic carbocycles. The van der Waals surface area contributed by atoms with Crippen LogP contribution in [0.25, 0.3) is 0 Å². The maximum atomic E-state index is 12.7. The Hall–Kier alpha value is -8.26. The third-order valence-electron chi connectivity index (χ3n) is 12.4. The Labute approximate surface area is 499 Å². The van der Waals surface area contributed by atoms with Gasteiger partial charge >= 0.3 is 5.97 Å². The second kappa shape index (κ2) is 37.7. The third kappa shape index (κ3) is 25.2. The van der Waals surface area contributed by atoms with Crippen molar-refractivity contribution in [2.45, 2.75) is 34.6 Å². The molecule has 0 heterocycles. The molecule has 83 heavy (non-hydrogen) atoms. The first-order valence-corrected chi connectivity index (χ1v) is 28.3. The number of anilines is 6. The Balaban J connectivity index is 0.000000366. The summed E-state index contributed by atoms with van der Waals surface area (Å²) in [6, 6.07) is 55.5. The van der Waals surface area contributed by atoms with Crippen LogP contribution in [0, 0.1) is 0 Å². The van der Waals surface area contributed by atoms with Crippen molar-refractivity contribution in [3.05, 3.63) is 215 Å². The van der Waals surface area contributed by atoms with Crippen LogP contribution in [0.5, 0.6) is 0 Å². The van der Waals surface area contributed by atoms with Crippen LogP contribution in [0.4, 0.5) is 34.1 Å². The topological polar surface area (TPSA) is 103 Å². The molecule has 0 aliphatic heterocycles. The number of rotatable bonds is 18. The molecule has 446 valence electrons. The number of nitrogens with zero attached hydrogens (tertiary/aromatic N) is 8. The summed E-state index contributed by atoms with van der Waals surface area (Å²) in [5, 5.41) is 0. The van der Waals surface area contributed by atoms with Crippen molar-refractivity contribution < 1.29 is 23.9 Å². The Morgan fingerprint density at radius 3 is 0.663 bits per heavy atom. The molecule has 0 unspecified atom stereocenters. The fraction of sp³-hybridized carbons (Fsp3) is 0.343. The fourth-order valence-corrected chi connectivity index (χ4v) is 7.76. The smallest absolute Gasteiger partial charge is 0.338 e. The average Bonchev–Trinajstić information content (AvgIpc) is 3.53. The Bertz CT molecular complexity index is 2790. The number of hydrogen-bond donors (Lipinski definition) is 0. The molecule has 0 N–H and O–H groups in total. The zero-order valence-corrected chi connectivity index (χ0v) is 53.4. The molecular formula is C70H96N8O5. The molecule has 0 spiro atoms. The first kappa shape index (κ1) is 70.8. The lowest BCUT2D eigenvalue weighted by Gasteiger charge is -2.21. The van der Waals surface area contributed by atoms with Gasteiger partial charge in [-0.25, -0.2) is 4.79 Å². The number of ether oxygens (including phenoxy) is 1. The number of esters is 1. The van der Waals surface area contributed by atoms with Crippen LogP contribution in [0.15, 0.2) is 176 Å². The fourth-order valence-electron chi connectivity index (χ4n) is 7.76. The molecule has 0 amide bonds. The molecule has 7 aromatic rings. The van der Waals surface area contributed by atoms with Gasteiger partial charge in [-0.1, -0.05) is 30.3 Å². The van der Waals surface area contributed by atoms with E-state index in [1.165, 1.54) is 0 Å². The van der Waals surface area contributed by atoms with Gasteiger partial charge < -0.3 is 43.9 Å². The van der Waals surface area contributed by atoms with Crippen LogP contribution in [0.3, 0.4) is 0 Å². The Kier molecular flexibility index (Phi) is 32.2. The van der Waals surface area contributed by atoms with Crippen LogP contribution in [0.1, 0.15) is 92.7 Å². The summed E-state index contributed by atoms with van der Waals surface area (Å²) in [4.78, 5) is 65.0. The average molecular weight is 1130 g/mol. The van der Waals surface area contributed by atoms with Gasteiger partial charge in [-0.3, -0.25) is 14.4 Å². The lowest BCUT2D eigenvalue weighted by molar-refractivity contribution is 0.0526. The van der Waals surface area contributed by atoms with Gasteiger partial charge in [0.15, 0.2) is 17.3 Å². The minimum atomic E-state index is -0.266. The van der Waals surface area contributed by atoms with Gasteiger partial charge in [0.05, 0.1) is 12.2 Å². The molecule has 7 rings (SSSR count). The highest BCUT2D eigenvalue weighted by Crippen LogP contribution is 2.22. The number of hydrogen-bond acceptors (Lipinski definition) is 13. The highest BCUT2D eigenvalue weighted by molar-refractivity contribution is 6.10. The van der Waals surface area contributed by atoms with Crippen molar-refractivity contribution in [2.75, 3.05) is 161 Å². The van der Waals surface area contributed by atoms with E-state index >= 15 is 0 Å². The predicted molar refractivity (Wildman–Crippen MR) is 355 cm³/mol. The minimum Gasteiger partial charge on any atom is -0.462 e. The van der Waals surface area contributed by atoms with E-state index in [9.17, 15) is 19.2 Å². The number of carbonyl (C=O) groups excluding carboxylic acids is 4.